The maximum atomic E-state index is 13.6. The van der Waals surface area contributed by atoms with Crippen LogP contribution in [-0.4, -0.2) is 70.1 Å². The van der Waals surface area contributed by atoms with Crippen LogP contribution < -0.4 is 10.8 Å². The molecule has 0 spiro atoms. The highest BCUT2D eigenvalue weighted by Gasteiger charge is 2.30. The fourth-order valence-corrected chi connectivity index (χ4v) is 6.47. The molecule has 13 nitrogen and oxygen atoms in total. The summed E-state index contributed by atoms with van der Waals surface area (Å²) in [7, 11) is -4.19. The summed E-state index contributed by atoms with van der Waals surface area (Å²) >= 11 is 1.52. The number of carbonyl (C=O) groups is 2. The molecule has 1 saturated heterocycles. The number of nitrogens with one attached hydrogen (secondary N) is 2. The number of piperidine rings is 1. The van der Waals surface area contributed by atoms with Crippen molar-refractivity contribution in [3.63, 3.8) is 0 Å². The number of likely N-dealkylation sites (tertiary alicyclic amines) is 1. The summed E-state index contributed by atoms with van der Waals surface area (Å²) in [6, 6.07) is 7.92. The molecule has 2 N–H and O–H groups in total. The molecule has 0 radical (unpaired) electrons. The number of benzene rings is 1. The number of ether oxygens (including phenoxy) is 1. The Balaban J connectivity index is 1.09. The Hall–Kier alpha value is -4.08. The van der Waals surface area contributed by atoms with Crippen molar-refractivity contribution in [1.29, 1.82) is 0 Å². The van der Waals surface area contributed by atoms with Gasteiger partial charge in [-0.25, -0.2) is 19.3 Å². The van der Waals surface area contributed by atoms with E-state index in [9.17, 15) is 18.0 Å². The minimum Gasteiger partial charge on any atom is -0.445 e. The largest absolute Gasteiger partial charge is 0.445 e. The number of rotatable bonds is 9. The molecule has 4 aromatic rings. The van der Waals surface area contributed by atoms with Crippen LogP contribution in [-0.2, 0) is 19.1 Å². The molecule has 0 unspecified atom stereocenters. The van der Waals surface area contributed by atoms with E-state index in [-0.39, 0.29) is 22.5 Å². The molecule has 6 rings (SSSR count). The number of hydrogen-bond donors (Lipinski definition) is 2. The topological polar surface area (TPSA) is 157 Å². The molecule has 2 amide bonds. The average molecular weight is 626 g/mol. The van der Waals surface area contributed by atoms with Gasteiger partial charge in [-0.2, -0.15) is 19.0 Å². The summed E-state index contributed by atoms with van der Waals surface area (Å²) in [4.78, 5) is 37.7. The Morgan fingerprint density at radius 1 is 1.09 bits per heavy atom. The monoisotopic (exact) mass is 625 g/mol. The third kappa shape index (κ3) is 6.63. The van der Waals surface area contributed by atoms with Crippen molar-refractivity contribution in [3.8, 4) is 11.4 Å². The predicted octanol–water partition coefficient (Wildman–Crippen LogP) is 4.02. The molecule has 4 heterocycles. The summed E-state index contributed by atoms with van der Waals surface area (Å²) in [5, 5.41) is 9.74. The third-order valence-electron chi connectivity index (χ3n) is 7.57. The van der Waals surface area contributed by atoms with Crippen molar-refractivity contribution in [1.82, 2.24) is 30.0 Å². The number of nitrogens with zero attached hydrogens (tertiary/aromatic N) is 5. The summed E-state index contributed by atoms with van der Waals surface area (Å²) in [6.07, 6.45) is 5.08. The van der Waals surface area contributed by atoms with E-state index in [4.69, 9.17) is 9.72 Å². The Kier molecular flexibility index (Phi) is 8.03. The van der Waals surface area contributed by atoms with Gasteiger partial charge < -0.3 is 15.0 Å². The molecule has 226 valence electrons. The zero-order chi connectivity index (χ0) is 30.1. The van der Waals surface area contributed by atoms with Gasteiger partial charge in [0.05, 0.1) is 16.7 Å². The predicted molar refractivity (Wildman–Crippen MR) is 158 cm³/mol. The molecule has 3 aromatic heterocycles. The van der Waals surface area contributed by atoms with Crippen molar-refractivity contribution in [2.24, 2.45) is 5.92 Å². The standard InChI is InChI=1S/C28H31N7O6S2/c1-17-3-7-21(8-4-17)43(38,39)41-33-28(37)40-20-9-11-34(12-10-20)26(36)23-15-24(30-18(2)19-5-6-19)32-25(31-23)22-16-29-35-13-14-42-27(22)35/h3-4,7-8,13-16,18-20H,5-6,9-12H2,1-2H3,(H,33,37)(H,30,31,32)/t18-/m0/s1. The van der Waals surface area contributed by atoms with Crippen LogP contribution in [0, 0.1) is 12.8 Å². The zero-order valence-corrected chi connectivity index (χ0v) is 25.2. The Labute approximate surface area is 252 Å². The van der Waals surface area contributed by atoms with E-state index >= 15 is 0 Å². The molecule has 1 aliphatic carbocycles. The fourth-order valence-electron chi connectivity index (χ4n) is 4.94. The van der Waals surface area contributed by atoms with Crippen LogP contribution in [0.2, 0.25) is 0 Å². The van der Waals surface area contributed by atoms with E-state index in [1.54, 1.807) is 33.8 Å². The average Bonchev–Trinajstić information content (AvgIpc) is 3.62. The van der Waals surface area contributed by atoms with Gasteiger partial charge in [-0.15, -0.1) is 15.6 Å². The Morgan fingerprint density at radius 3 is 2.56 bits per heavy atom. The van der Waals surface area contributed by atoms with Crippen LogP contribution in [0.15, 0.2) is 53.0 Å². The van der Waals surface area contributed by atoms with Crippen LogP contribution in [0.4, 0.5) is 10.6 Å². The highest BCUT2D eigenvalue weighted by molar-refractivity contribution is 7.86. The van der Waals surface area contributed by atoms with Gasteiger partial charge in [0.25, 0.3) is 5.91 Å². The van der Waals surface area contributed by atoms with Gasteiger partial charge in [0, 0.05) is 49.6 Å². The molecule has 2 aliphatic rings. The molecule has 15 heteroatoms. The van der Waals surface area contributed by atoms with Crippen molar-refractivity contribution in [2.75, 3.05) is 18.4 Å². The summed E-state index contributed by atoms with van der Waals surface area (Å²) in [5.41, 5.74) is 3.74. The molecular formula is C28H31N7O6S2. The molecule has 1 aliphatic heterocycles. The fraction of sp³-hybridized carbons (Fsp3) is 0.393. The number of aryl methyl sites for hydroxylation is 1. The van der Waals surface area contributed by atoms with Gasteiger partial charge in [0.2, 0.25) is 0 Å². The molecule has 1 saturated carbocycles. The normalized spacial score (nSPS) is 16.7. The lowest BCUT2D eigenvalue weighted by Crippen LogP contribution is -2.43. The van der Waals surface area contributed by atoms with E-state index in [0.717, 1.165) is 16.0 Å². The van der Waals surface area contributed by atoms with E-state index in [1.165, 1.54) is 36.3 Å². The lowest BCUT2D eigenvalue weighted by molar-refractivity contribution is 0.0298. The summed E-state index contributed by atoms with van der Waals surface area (Å²) in [5.74, 6) is 1.33. The van der Waals surface area contributed by atoms with Crippen LogP contribution in [0.5, 0.6) is 0 Å². The highest BCUT2D eigenvalue weighted by atomic mass is 32.2. The Morgan fingerprint density at radius 2 is 1.84 bits per heavy atom. The van der Waals surface area contributed by atoms with Crippen LogP contribution in [0.25, 0.3) is 16.2 Å². The molecule has 2 fully saturated rings. The molecule has 43 heavy (non-hydrogen) atoms. The SMILES string of the molecule is Cc1ccc(S(=O)(=O)ONC(=O)OC2CCN(C(=O)c3cc(N[C@@H](C)C4CC4)nc(-c4cnn5ccsc45)n3)CC2)cc1. The minimum atomic E-state index is -4.19. The maximum Gasteiger partial charge on any atom is 0.432 e. The van der Waals surface area contributed by atoms with Crippen molar-refractivity contribution in [3.05, 3.63) is 59.4 Å². The van der Waals surface area contributed by atoms with Gasteiger partial charge in [-0.05, 0) is 44.7 Å². The first-order valence-corrected chi connectivity index (χ1v) is 16.3. The van der Waals surface area contributed by atoms with E-state index in [0.29, 0.717) is 43.5 Å². The van der Waals surface area contributed by atoms with E-state index in [2.05, 4.69) is 26.6 Å². The second-order valence-electron chi connectivity index (χ2n) is 10.8. The molecular weight excluding hydrogens is 594 g/mol. The number of hydrogen-bond acceptors (Lipinski definition) is 11. The molecule has 1 aromatic carbocycles. The number of amides is 2. The van der Waals surface area contributed by atoms with Crippen LogP contribution >= 0.6 is 11.3 Å². The minimum absolute atomic E-state index is 0.0911. The number of thiazole rings is 1. The first-order valence-electron chi connectivity index (χ1n) is 14.0. The smallest absolute Gasteiger partial charge is 0.432 e. The van der Waals surface area contributed by atoms with Crippen molar-refractivity contribution < 1.29 is 27.0 Å². The molecule has 1 atom stereocenters. The zero-order valence-electron chi connectivity index (χ0n) is 23.6. The lowest BCUT2D eigenvalue weighted by atomic mass is 10.1. The number of fused-ring (bicyclic) bond motifs is 1. The third-order valence-corrected chi connectivity index (χ3v) is 9.61. The van der Waals surface area contributed by atoms with Crippen molar-refractivity contribution >= 4 is 44.1 Å². The van der Waals surface area contributed by atoms with Gasteiger partial charge in [0.1, 0.15) is 22.4 Å². The number of carbonyl (C=O) groups excluding carboxylic acids is 2. The summed E-state index contributed by atoms with van der Waals surface area (Å²) < 4.78 is 36.4. The van der Waals surface area contributed by atoms with Gasteiger partial charge in [-0.3, -0.25) is 4.79 Å². The highest BCUT2D eigenvalue weighted by Crippen LogP contribution is 2.34. The number of hydroxylamine groups is 1. The molecule has 0 bridgehead atoms. The summed E-state index contributed by atoms with van der Waals surface area (Å²) in [6.45, 7) is 4.58. The van der Waals surface area contributed by atoms with Gasteiger partial charge >= 0.3 is 16.2 Å². The second kappa shape index (κ2) is 11.9. The Bertz CT molecular complexity index is 1740. The van der Waals surface area contributed by atoms with E-state index < -0.39 is 22.3 Å². The first kappa shape index (κ1) is 29.0. The first-order chi connectivity index (χ1) is 20.7. The van der Waals surface area contributed by atoms with Gasteiger partial charge in [0.15, 0.2) is 5.82 Å². The van der Waals surface area contributed by atoms with Crippen molar-refractivity contribution in [2.45, 2.75) is 56.6 Å². The number of anilines is 1. The lowest BCUT2D eigenvalue weighted by Gasteiger charge is -2.31. The van der Waals surface area contributed by atoms with Crippen LogP contribution in [0.1, 0.15) is 48.7 Å². The maximum absolute atomic E-state index is 13.6. The second-order valence-corrected chi connectivity index (χ2v) is 13.2. The quantitative estimate of drug-likeness (QED) is 0.260. The van der Waals surface area contributed by atoms with E-state index in [1.807, 2.05) is 24.0 Å². The van der Waals surface area contributed by atoms with Gasteiger partial charge in [-0.1, -0.05) is 17.7 Å². The number of aromatic nitrogens is 4. The van der Waals surface area contributed by atoms with Crippen LogP contribution in [0.3, 0.4) is 0 Å².